The highest BCUT2D eigenvalue weighted by Gasteiger charge is 2.36. The van der Waals surface area contributed by atoms with Crippen LogP contribution in [0.25, 0.3) is 0 Å². The summed E-state index contributed by atoms with van der Waals surface area (Å²) in [7, 11) is 0. The maximum absolute atomic E-state index is 12.4. The molecule has 4 heterocycles. The minimum absolute atomic E-state index is 0.0692. The van der Waals surface area contributed by atoms with E-state index in [0.717, 1.165) is 30.2 Å². The van der Waals surface area contributed by atoms with Crippen LogP contribution >= 0.6 is 0 Å². The quantitative estimate of drug-likeness (QED) is 0.901. The molecule has 2 aliphatic heterocycles. The van der Waals surface area contributed by atoms with Gasteiger partial charge in [0.05, 0.1) is 30.3 Å². The maximum Gasteiger partial charge on any atom is 0.227 e. The zero-order chi connectivity index (χ0) is 15.3. The lowest BCUT2D eigenvalue weighted by Gasteiger charge is -2.24. The number of hydrogen-bond acceptors (Lipinski definition) is 5. The van der Waals surface area contributed by atoms with Crippen LogP contribution in [-0.4, -0.2) is 33.3 Å². The Hall–Kier alpha value is -2.15. The lowest BCUT2D eigenvalue weighted by molar-refractivity contribution is -0.117. The molecule has 2 atom stereocenters. The van der Waals surface area contributed by atoms with E-state index in [2.05, 4.69) is 22.3 Å². The van der Waals surface area contributed by atoms with Gasteiger partial charge in [-0.25, -0.2) is 4.98 Å². The summed E-state index contributed by atoms with van der Waals surface area (Å²) in [6, 6.07) is 0.402. The van der Waals surface area contributed by atoms with Crippen LogP contribution in [0.15, 0.2) is 16.8 Å². The molecule has 0 saturated carbocycles. The molecule has 0 radical (unpaired) electrons. The second-order valence-electron chi connectivity index (χ2n) is 6.13. The second kappa shape index (κ2) is 4.95. The molecule has 0 spiro atoms. The molecule has 22 heavy (non-hydrogen) atoms. The lowest BCUT2D eigenvalue weighted by atomic mass is 10.1. The van der Waals surface area contributed by atoms with E-state index >= 15 is 0 Å². The van der Waals surface area contributed by atoms with E-state index in [9.17, 15) is 4.79 Å². The Morgan fingerprint density at radius 1 is 1.36 bits per heavy atom. The Balaban J connectivity index is 1.60. The molecule has 0 aliphatic carbocycles. The molecule has 1 saturated heterocycles. The molecular weight excluding hydrogens is 282 g/mol. The number of nitrogens with one attached hydrogen (secondary N) is 1. The molecule has 1 unspecified atom stereocenters. The molecule has 2 aliphatic rings. The van der Waals surface area contributed by atoms with Crippen molar-refractivity contribution < 1.29 is 9.21 Å². The average Bonchev–Trinajstić information content (AvgIpc) is 3.17. The first kappa shape index (κ1) is 13.5. The predicted octanol–water partition coefficient (Wildman–Crippen LogP) is 1.19. The molecule has 7 heteroatoms. The maximum atomic E-state index is 12.4. The summed E-state index contributed by atoms with van der Waals surface area (Å²) in [4.78, 5) is 18.4. The van der Waals surface area contributed by atoms with Gasteiger partial charge in [-0.1, -0.05) is 0 Å². The largest absolute Gasteiger partial charge is 0.446 e. The van der Waals surface area contributed by atoms with Crippen LogP contribution in [0, 0.1) is 6.92 Å². The molecule has 1 fully saturated rings. The van der Waals surface area contributed by atoms with Gasteiger partial charge < -0.3 is 14.6 Å². The van der Waals surface area contributed by atoms with Crippen molar-refractivity contribution in [1.29, 1.82) is 0 Å². The van der Waals surface area contributed by atoms with Gasteiger partial charge >= 0.3 is 0 Å². The van der Waals surface area contributed by atoms with Crippen LogP contribution in [0.4, 0.5) is 5.69 Å². The van der Waals surface area contributed by atoms with E-state index in [-0.39, 0.29) is 11.8 Å². The number of aryl methyl sites for hydroxylation is 1. The van der Waals surface area contributed by atoms with E-state index in [4.69, 9.17) is 4.42 Å². The smallest absolute Gasteiger partial charge is 0.227 e. The van der Waals surface area contributed by atoms with Crippen LogP contribution < -0.4 is 10.2 Å². The first-order chi connectivity index (χ1) is 10.6. The van der Waals surface area contributed by atoms with Crippen LogP contribution in [0.5, 0.6) is 0 Å². The number of oxazole rings is 1. The molecule has 7 nitrogen and oxygen atoms in total. The first-order valence-corrected chi connectivity index (χ1v) is 7.62. The minimum Gasteiger partial charge on any atom is -0.446 e. The number of fused-ring (bicyclic) bond motifs is 1. The van der Waals surface area contributed by atoms with Gasteiger partial charge in [-0.2, -0.15) is 5.10 Å². The number of amides is 1. The van der Waals surface area contributed by atoms with Gasteiger partial charge in [-0.05, 0) is 6.92 Å². The molecule has 1 amide bonds. The van der Waals surface area contributed by atoms with Crippen molar-refractivity contribution in [3.8, 4) is 0 Å². The van der Waals surface area contributed by atoms with Gasteiger partial charge in [0.15, 0.2) is 5.89 Å². The van der Waals surface area contributed by atoms with Crippen molar-refractivity contribution in [3.05, 3.63) is 29.7 Å². The average molecular weight is 301 g/mol. The van der Waals surface area contributed by atoms with Gasteiger partial charge in [0.25, 0.3) is 0 Å². The van der Waals surface area contributed by atoms with Gasteiger partial charge in [0.2, 0.25) is 5.91 Å². The third kappa shape index (κ3) is 2.12. The fourth-order valence-electron chi connectivity index (χ4n) is 3.26. The number of hydrogen-bond donors (Lipinski definition) is 1. The summed E-state index contributed by atoms with van der Waals surface area (Å²) in [5, 5.41) is 7.86. The van der Waals surface area contributed by atoms with Crippen molar-refractivity contribution in [3.63, 3.8) is 0 Å². The van der Waals surface area contributed by atoms with Crippen molar-refractivity contribution in [1.82, 2.24) is 20.1 Å². The van der Waals surface area contributed by atoms with Crippen LogP contribution in [-0.2, 0) is 17.9 Å². The number of carbonyl (C=O) groups is 1. The third-order valence-electron chi connectivity index (χ3n) is 4.45. The highest BCUT2D eigenvalue weighted by Crippen LogP contribution is 2.34. The number of aromatic nitrogens is 3. The highest BCUT2D eigenvalue weighted by molar-refractivity contribution is 5.96. The number of rotatable bonds is 2. The zero-order valence-electron chi connectivity index (χ0n) is 12.7. The van der Waals surface area contributed by atoms with Gasteiger partial charge in [0, 0.05) is 38.4 Å². The Labute approximate surface area is 128 Å². The summed E-state index contributed by atoms with van der Waals surface area (Å²) in [6.45, 7) is 6.16. The van der Waals surface area contributed by atoms with Gasteiger partial charge in [-0.15, -0.1) is 0 Å². The normalized spacial score (nSPS) is 24.8. The van der Waals surface area contributed by atoms with Crippen molar-refractivity contribution in [2.45, 2.75) is 45.3 Å². The van der Waals surface area contributed by atoms with Gasteiger partial charge in [0.1, 0.15) is 5.76 Å². The van der Waals surface area contributed by atoms with E-state index in [1.165, 1.54) is 0 Å². The lowest BCUT2D eigenvalue weighted by Crippen LogP contribution is -2.37. The first-order valence-electron chi connectivity index (χ1n) is 7.62. The minimum atomic E-state index is 0.0692. The number of nitrogens with zero attached hydrogens (tertiary/aromatic N) is 4. The summed E-state index contributed by atoms with van der Waals surface area (Å²) < 4.78 is 7.58. The SMILES string of the molecule is Cc1ncc(C2CC(=O)N(c3cnn4c3CN[C@@H](C)C4)C2)o1. The Morgan fingerprint density at radius 2 is 2.23 bits per heavy atom. The molecule has 1 N–H and O–H groups in total. The zero-order valence-corrected chi connectivity index (χ0v) is 12.7. The fourth-order valence-corrected chi connectivity index (χ4v) is 3.26. The molecular formula is C15H19N5O2. The summed E-state index contributed by atoms with van der Waals surface area (Å²) in [5.74, 6) is 1.62. The highest BCUT2D eigenvalue weighted by atomic mass is 16.4. The Morgan fingerprint density at radius 3 is 3.00 bits per heavy atom. The monoisotopic (exact) mass is 301 g/mol. The summed E-state index contributed by atoms with van der Waals surface area (Å²) >= 11 is 0. The van der Waals surface area contributed by atoms with E-state index < -0.39 is 0 Å². The molecule has 116 valence electrons. The van der Waals surface area contributed by atoms with E-state index in [0.29, 0.717) is 24.9 Å². The van der Waals surface area contributed by atoms with E-state index in [1.54, 1.807) is 12.4 Å². The Bertz CT molecular complexity index is 719. The van der Waals surface area contributed by atoms with Crippen molar-refractivity contribution in [2.75, 3.05) is 11.4 Å². The molecule has 0 aromatic carbocycles. The van der Waals surface area contributed by atoms with E-state index in [1.807, 2.05) is 16.5 Å². The van der Waals surface area contributed by atoms with Crippen molar-refractivity contribution in [2.24, 2.45) is 0 Å². The topological polar surface area (TPSA) is 76.2 Å². The van der Waals surface area contributed by atoms with Crippen molar-refractivity contribution >= 4 is 11.6 Å². The van der Waals surface area contributed by atoms with Gasteiger partial charge in [-0.3, -0.25) is 9.48 Å². The fraction of sp³-hybridized carbons (Fsp3) is 0.533. The van der Waals surface area contributed by atoms with Crippen LogP contribution in [0.2, 0.25) is 0 Å². The molecule has 0 bridgehead atoms. The second-order valence-corrected chi connectivity index (χ2v) is 6.13. The standard InChI is InChI=1S/C15H19N5O2/c1-9-7-20-13(4-16-9)12(5-18-20)19-8-11(3-15(19)21)14-6-17-10(2)22-14/h5-6,9,11,16H,3-4,7-8H2,1-2H3/t9-,11?/m0/s1. The van der Waals surface area contributed by atoms with Crippen LogP contribution in [0.1, 0.15) is 36.6 Å². The molecule has 2 aromatic heterocycles. The molecule has 2 aromatic rings. The third-order valence-corrected chi connectivity index (χ3v) is 4.45. The summed E-state index contributed by atoms with van der Waals surface area (Å²) in [5.41, 5.74) is 2.00. The summed E-state index contributed by atoms with van der Waals surface area (Å²) in [6.07, 6.45) is 4.00. The predicted molar refractivity (Wildman–Crippen MR) is 79.5 cm³/mol. The molecule has 4 rings (SSSR count). The number of carbonyl (C=O) groups excluding carboxylic acids is 1. The number of anilines is 1. The Kier molecular flexibility index (Phi) is 3.04. The van der Waals surface area contributed by atoms with Crippen LogP contribution in [0.3, 0.4) is 0 Å².